The minimum absolute atomic E-state index is 0.000561. The highest BCUT2D eigenvalue weighted by molar-refractivity contribution is 9.10. The summed E-state index contributed by atoms with van der Waals surface area (Å²) in [6.07, 6.45) is 2.56. The zero-order valence-corrected chi connectivity index (χ0v) is 14.3. The first kappa shape index (κ1) is 16.1. The van der Waals surface area contributed by atoms with Crippen molar-refractivity contribution in [2.24, 2.45) is 0 Å². The van der Waals surface area contributed by atoms with Crippen LogP contribution in [0.3, 0.4) is 0 Å². The summed E-state index contributed by atoms with van der Waals surface area (Å²) >= 11 is 4.96. The Hall–Kier alpha value is -1.25. The van der Waals surface area contributed by atoms with Crippen molar-refractivity contribution in [3.8, 4) is 6.07 Å². The van der Waals surface area contributed by atoms with Crippen molar-refractivity contribution in [1.82, 2.24) is 0 Å². The zero-order chi connectivity index (χ0) is 15.5. The van der Waals surface area contributed by atoms with Gasteiger partial charge in [-0.3, -0.25) is 0 Å². The van der Waals surface area contributed by atoms with E-state index in [0.717, 1.165) is 16.5 Å². The Balaban J connectivity index is 2.52. The van der Waals surface area contributed by atoms with E-state index in [4.69, 9.17) is 4.74 Å². The quantitative estimate of drug-likeness (QED) is 0.750. The molecule has 3 nitrogen and oxygen atoms in total. The van der Waals surface area contributed by atoms with Gasteiger partial charge in [-0.15, -0.1) is 11.8 Å². The number of esters is 1. The molecule has 0 saturated heterocycles. The van der Waals surface area contributed by atoms with E-state index in [0.29, 0.717) is 11.5 Å². The van der Waals surface area contributed by atoms with Crippen LogP contribution in [-0.4, -0.2) is 17.8 Å². The third-order valence-electron chi connectivity index (χ3n) is 3.49. The van der Waals surface area contributed by atoms with Crippen LogP contribution in [0.2, 0.25) is 0 Å². The number of carbonyl (C=O) groups excluding carboxylic acids is 1. The van der Waals surface area contributed by atoms with Crippen molar-refractivity contribution in [2.75, 3.05) is 6.61 Å². The molecule has 110 valence electrons. The number of hydrogen-bond acceptors (Lipinski definition) is 4. The number of thioether (sulfide) groups is 1. The second-order valence-corrected chi connectivity index (χ2v) is 6.80. The molecule has 2 atom stereocenters. The maximum Gasteiger partial charge on any atom is 0.344 e. The number of benzene rings is 1. The molecule has 1 aliphatic heterocycles. The van der Waals surface area contributed by atoms with Crippen LogP contribution in [-0.2, 0) is 14.9 Å². The van der Waals surface area contributed by atoms with Crippen molar-refractivity contribution < 1.29 is 9.53 Å². The highest BCUT2D eigenvalue weighted by Crippen LogP contribution is 2.50. The lowest BCUT2D eigenvalue weighted by Crippen LogP contribution is -2.31. The van der Waals surface area contributed by atoms with Crippen LogP contribution in [0.1, 0.15) is 25.8 Å². The van der Waals surface area contributed by atoms with Crippen LogP contribution < -0.4 is 0 Å². The molecule has 0 aromatic heterocycles. The second-order valence-electron chi connectivity index (χ2n) is 4.70. The topological polar surface area (TPSA) is 50.1 Å². The minimum Gasteiger partial charge on any atom is -0.462 e. The molecule has 1 heterocycles. The zero-order valence-electron chi connectivity index (χ0n) is 11.9. The highest BCUT2D eigenvalue weighted by atomic mass is 79.9. The van der Waals surface area contributed by atoms with Gasteiger partial charge >= 0.3 is 5.97 Å². The van der Waals surface area contributed by atoms with E-state index in [-0.39, 0.29) is 11.2 Å². The normalized spacial score (nSPS) is 24.3. The van der Waals surface area contributed by atoms with E-state index in [1.807, 2.05) is 31.2 Å². The van der Waals surface area contributed by atoms with Crippen LogP contribution in [0, 0.1) is 11.3 Å². The molecular weight excluding hydrogens is 350 g/mol. The first-order valence-corrected chi connectivity index (χ1v) is 8.49. The number of rotatable bonds is 4. The average molecular weight is 366 g/mol. The fourth-order valence-corrected chi connectivity index (χ4v) is 4.44. The van der Waals surface area contributed by atoms with Crippen LogP contribution in [0.4, 0.5) is 0 Å². The van der Waals surface area contributed by atoms with Crippen LogP contribution in [0.5, 0.6) is 0 Å². The van der Waals surface area contributed by atoms with Gasteiger partial charge in [0.05, 0.1) is 17.6 Å². The maximum atomic E-state index is 12.0. The number of halogens is 1. The van der Waals surface area contributed by atoms with Crippen LogP contribution >= 0.6 is 27.7 Å². The number of hydrogen-bond donors (Lipinski definition) is 0. The number of ether oxygens (including phenoxy) is 1. The second kappa shape index (κ2) is 6.67. The van der Waals surface area contributed by atoms with E-state index in [9.17, 15) is 10.1 Å². The number of carbonyl (C=O) groups is 1. The number of nitrogens with zero attached hydrogens (tertiary/aromatic N) is 1. The van der Waals surface area contributed by atoms with Crippen molar-refractivity contribution in [2.45, 2.75) is 30.9 Å². The third-order valence-corrected chi connectivity index (χ3v) is 5.71. The van der Waals surface area contributed by atoms with Crippen molar-refractivity contribution in [3.05, 3.63) is 45.3 Å². The monoisotopic (exact) mass is 365 g/mol. The third kappa shape index (κ3) is 2.88. The van der Waals surface area contributed by atoms with Crippen LogP contribution in [0.25, 0.3) is 0 Å². The Morgan fingerprint density at radius 3 is 2.76 bits per heavy atom. The van der Waals surface area contributed by atoms with E-state index >= 15 is 0 Å². The fourth-order valence-electron chi connectivity index (χ4n) is 2.51. The fraction of sp³-hybridized carbons (Fsp3) is 0.375. The molecule has 0 aliphatic carbocycles. The number of nitriles is 1. The highest BCUT2D eigenvalue weighted by Gasteiger charge is 2.46. The van der Waals surface area contributed by atoms with Gasteiger partial charge in [0.15, 0.2) is 0 Å². The molecule has 1 aromatic rings. The minimum atomic E-state index is -0.804. The summed E-state index contributed by atoms with van der Waals surface area (Å²) in [5.74, 6) is -0.342. The summed E-state index contributed by atoms with van der Waals surface area (Å²) in [5.41, 5.74) is 0.0906. The molecule has 0 fully saturated rings. The summed E-state index contributed by atoms with van der Waals surface area (Å²) in [4.78, 5) is 12.5. The lowest BCUT2D eigenvalue weighted by atomic mass is 9.77. The summed E-state index contributed by atoms with van der Waals surface area (Å²) in [6, 6.07) is 10.1. The van der Waals surface area contributed by atoms with Crippen molar-refractivity contribution in [3.63, 3.8) is 0 Å². The SMILES string of the molecule is CCOC(=O)C1=CC(C#N)(c2ccccc2Br)C(CC)S1. The van der Waals surface area contributed by atoms with Crippen molar-refractivity contribution >= 4 is 33.7 Å². The van der Waals surface area contributed by atoms with Gasteiger partial charge in [-0.2, -0.15) is 5.26 Å². The van der Waals surface area contributed by atoms with Gasteiger partial charge in [-0.25, -0.2) is 4.79 Å². The molecular formula is C16H16BrNO2S. The summed E-state index contributed by atoms with van der Waals surface area (Å²) in [5, 5.41) is 9.85. The predicted molar refractivity (Wildman–Crippen MR) is 87.8 cm³/mol. The molecule has 0 amide bonds. The molecule has 0 radical (unpaired) electrons. The van der Waals surface area contributed by atoms with E-state index in [1.54, 1.807) is 13.0 Å². The standard InChI is InChI=1S/C16H16BrNO2S/c1-3-14-16(10-18,11-7-5-6-8-12(11)17)9-13(21-14)15(19)20-4-2/h5-9,14H,3-4H2,1-2H3. The van der Waals surface area contributed by atoms with Gasteiger partial charge in [0.2, 0.25) is 0 Å². The van der Waals surface area contributed by atoms with Gasteiger partial charge in [-0.1, -0.05) is 41.1 Å². The molecule has 1 aromatic carbocycles. The Morgan fingerprint density at radius 1 is 1.48 bits per heavy atom. The Kier molecular flexibility index (Phi) is 5.13. The average Bonchev–Trinajstić information content (AvgIpc) is 2.88. The van der Waals surface area contributed by atoms with E-state index in [1.165, 1.54) is 11.8 Å². The maximum absolute atomic E-state index is 12.0. The van der Waals surface area contributed by atoms with Gasteiger partial charge < -0.3 is 4.74 Å². The Bertz CT molecular complexity index is 623. The molecule has 1 aliphatic rings. The van der Waals surface area contributed by atoms with Crippen molar-refractivity contribution in [1.29, 1.82) is 5.26 Å². The number of allylic oxidation sites excluding steroid dienone is 1. The smallest absolute Gasteiger partial charge is 0.344 e. The molecule has 0 bridgehead atoms. The van der Waals surface area contributed by atoms with Gasteiger partial charge in [0, 0.05) is 9.72 Å². The first-order valence-electron chi connectivity index (χ1n) is 6.82. The lowest BCUT2D eigenvalue weighted by Gasteiger charge is -2.27. The molecule has 2 unspecified atom stereocenters. The van der Waals surface area contributed by atoms with Gasteiger partial charge in [0.1, 0.15) is 5.41 Å². The van der Waals surface area contributed by atoms with Gasteiger partial charge in [-0.05, 0) is 31.1 Å². The Morgan fingerprint density at radius 2 is 2.19 bits per heavy atom. The Labute approximate surface area is 137 Å². The molecule has 0 saturated carbocycles. The first-order chi connectivity index (χ1) is 10.1. The summed E-state index contributed by atoms with van der Waals surface area (Å²) in [6.45, 7) is 4.14. The summed E-state index contributed by atoms with van der Waals surface area (Å²) in [7, 11) is 0. The van der Waals surface area contributed by atoms with E-state index < -0.39 is 5.41 Å². The molecule has 2 rings (SSSR count). The summed E-state index contributed by atoms with van der Waals surface area (Å²) < 4.78 is 5.95. The predicted octanol–water partition coefficient (Wildman–Crippen LogP) is 4.18. The largest absolute Gasteiger partial charge is 0.462 e. The molecule has 0 spiro atoms. The molecule has 5 heteroatoms. The molecule has 0 N–H and O–H groups in total. The van der Waals surface area contributed by atoms with Gasteiger partial charge in [0.25, 0.3) is 0 Å². The lowest BCUT2D eigenvalue weighted by molar-refractivity contribution is -0.137. The van der Waals surface area contributed by atoms with E-state index in [2.05, 4.69) is 22.0 Å². The van der Waals surface area contributed by atoms with Crippen LogP contribution in [0.15, 0.2) is 39.7 Å². The molecule has 21 heavy (non-hydrogen) atoms.